The summed E-state index contributed by atoms with van der Waals surface area (Å²) in [6.45, 7) is 6.09. The second kappa shape index (κ2) is 7.14. The zero-order valence-electron chi connectivity index (χ0n) is 16.1. The molecule has 142 valence electrons. The van der Waals surface area contributed by atoms with Crippen LogP contribution in [0, 0.1) is 11.3 Å². The third-order valence-corrected chi connectivity index (χ3v) is 5.59. The van der Waals surface area contributed by atoms with Crippen LogP contribution < -0.4 is 16.4 Å². The van der Waals surface area contributed by atoms with Gasteiger partial charge in [0.2, 0.25) is 0 Å². The Balaban J connectivity index is 1.46. The Hall–Kier alpha value is -3.10. The number of anilines is 1. The smallest absolute Gasteiger partial charge is 0.125 e. The molecule has 0 saturated heterocycles. The molecule has 28 heavy (non-hydrogen) atoms. The molecule has 1 unspecified atom stereocenters. The van der Waals surface area contributed by atoms with Crippen molar-refractivity contribution in [1.29, 1.82) is 5.26 Å². The number of nitrogens with one attached hydrogen (secondary N) is 2. The van der Waals surface area contributed by atoms with E-state index in [0.29, 0.717) is 5.70 Å². The van der Waals surface area contributed by atoms with Crippen LogP contribution in [-0.2, 0) is 6.42 Å². The van der Waals surface area contributed by atoms with E-state index in [1.165, 1.54) is 11.1 Å². The van der Waals surface area contributed by atoms with E-state index in [1.807, 2.05) is 19.1 Å². The molecule has 2 aliphatic carbocycles. The van der Waals surface area contributed by atoms with E-state index >= 15 is 0 Å². The highest BCUT2D eigenvalue weighted by Gasteiger charge is 2.37. The van der Waals surface area contributed by atoms with Gasteiger partial charge in [-0.2, -0.15) is 5.26 Å². The summed E-state index contributed by atoms with van der Waals surface area (Å²) in [5, 5.41) is 16.2. The van der Waals surface area contributed by atoms with E-state index in [9.17, 15) is 5.26 Å². The molecule has 1 aromatic heterocycles. The number of fused-ring (bicyclic) bond motifs is 1. The van der Waals surface area contributed by atoms with Crippen molar-refractivity contribution in [2.45, 2.75) is 44.2 Å². The predicted octanol–water partition coefficient (Wildman–Crippen LogP) is 4.12. The summed E-state index contributed by atoms with van der Waals surface area (Å²) in [4.78, 5) is 4.42. The van der Waals surface area contributed by atoms with E-state index in [4.69, 9.17) is 5.73 Å². The fourth-order valence-corrected chi connectivity index (χ4v) is 3.73. The number of allylic oxidation sites excluding steroid dienone is 1. The summed E-state index contributed by atoms with van der Waals surface area (Å²) in [7, 11) is 0. The van der Waals surface area contributed by atoms with E-state index in [0.717, 1.165) is 48.3 Å². The zero-order valence-corrected chi connectivity index (χ0v) is 16.1. The number of rotatable bonds is 6. The molecule has 1 heterocycles. The summed E-state index contributed by atoms with van der Waals surface area (Å²) in [5.74, 6) is 0. The van der Waals surface area contributed by atoms with Crippen molar-refractivity contribution in [1.82, 2.24) is 10.3 Å². The van der Waals surface area contributed by atoms with Crippen molar-refractivity contribution in [2.75, 3.05) is 5.32 Å². The standard InChI is InChI=1S/C23H25N5/c1-15(25)17-4-5-18-11-21(12-19(18)10-17)27-20-6-9-26-22(13-20)16(2)28-23(14-24)7-3-8-23/h4-6,9-11,13,15,28H,2-3,7-8,12,25H2,1H3,(H,26,27). The predicted molar refractivity (Wildman–Crippen MR) is 113 cm³/mol. The average Bonchev–Trinajstić information content (AvgIpc) is 3.06. The summed E-state index contributed by atoms with van der Waals surface area (Å²) < 4.78 is 0. The molecule has 0 amide bonds. The van der Waals surface area contributed by atoms with Gasteiger partial charge in [-0.3, -0.25) is 4.98 Å². The van der Waals surface area contributed by atoms with Gasteiger partial charge in [0.05, 0.1) is 17.5 Å². The Kier molecular flexibility index (Phi) is 4.66. The van der Waals surface area contributed by atoms with Gasteiger partial charge in [-0.25, -0.2) is 0 Å². The van der Waals surface area contributed by atoms with Gasteiger partial charge in [0.15, 0.2) is 0 Å². The highest BCUT2D eigenvalue weighted by molar-refractivity contribution is 5.70. The maximum Gasteiger partial charge on any atom is 0.125 e. The van der Waals surface area contributed by atoms with Crippen LogP contribution in [-0.4, -0.2) is 10.5 Å². The van der Waals surface area contributed by atoms with Crippen LogP contribution in [0.25, 0.3) is 11.8 Å². The van der Waals surface area contributed by atoms with E-state index < -0.39 is 5.54 Å². The van der Waals surface area contributed by atoms with Crippen molar-refractivity contribution in [3.05, 3.63) is 71.2 Å². The molecule has 0 bridgehead atoms. The van der Waals surface area contributed by atoms with Gasteiger partial charge >= 0.3 is 0 Å². The lowest BCUT2D eigenvalue weighted by atomic mass is 9.78. The number of aromatic nitrogens is 1. The summed E-state index contributed by atoms with van der Waals surface area (Å²) in [5.41, 5.74) is 12.7. The van der Waals surface area contributed by atoms with Gasteiger partial charge < -0.3 is 16.4 Å². The van der Waals surface area contributed by atoms with Gasteiger partial charge in [-0.05, 0) is 61.1 Å². The lowest BCUT2D eigenvalue weighted by molar-refractivity contribution is 0.288. The lowest BCUT2D eigenvalue weighted by Crippen LogP contribution is -2.48. The van der Waals surface area contributed by atoms with E-state index in [2.05, 4.69) is 52.5 Å². The first kappa shape index (κ1) is 18.3. The maximum atomic E-state index is 9.41. The molecule has 0 spiro atoms. The highest BCUT2D eigenvalue weighted by Crippen LogP contribution is 2.33. The number of hydrogen-bond donors (Lipinski definition) is 3. The van der Waals surface area contributed by atoms with Gasteiger partial charge in [0, 0.05) is 30.0 Å². The maximum absolute atomic E-state index is 9.41. The number of hydrogen-bond acceptors (Lipinski definition) is 5. The van der Waals surface area contributed by atoms with Gasteiger partial charge in [-0.15, -0.1) is 0 Å². The monoisotopic (exact) mass is 371 g/mol. The normalized spacial score (nSPS) is 17.5. The Labute approximate surface area is 166 Å². The number of nitrogens with zero attached hydrogens (tertiary/aromatic N) is 2. The Bertz CT molecular complexity index is 992. The topological polar surface area (TPSA) is 86.8 Å². The number of pyridine rings is 1. The molecule has 4 rings (SSSR count). The second-order valence-corrected chi connectivity index (χ2v) is 7.80. The molecule has 2 aliphatic rings. The molecule has 1 atom stereocenters. The van der Waals surface area contributed by atoms with Crippen LogP contribution in [0.5, 0.6) is 0 Å². The molecule has 2 aromatic rings. The van der Waals surface area contributed by atoms with E-state index in [1.54, 1.807) is 6.20 Å². The molecule has 5 nitrogen and oxygen atoms in total. The Morgan fingerprint density at radius 3 is 2.82 bits per heavy atom. The summed E-state index contributed by atoms with van der Waals surface area (Å²) in [6.07, 6.45) is 7.57. The van der Waals surface area contributed by atoms with Crippen molar-refractivity contribution < 1.29 is 0 Å². The van der Waals surface area contributed by atoms with Gasteiger partial charge in [-0.1, -0.05) is 24.8 Å². The minimum absolute atomic E-state index is 0.0379. The molecule has 0 radical (unpaired) electrons. The van der Waals surface area contributed by atoms with Gasteiger partial charge in [0.25, 0.3) is 0 Å². The molecule has 0 aliphatic heterocycles. The molecule has 4 N–H and O–H groups in total. The second-order valence-electron chi connectivity index (χ2n) is 7.80. The van der Waals surface area contributed by atoms with Crippen molar-refractivity contribution in [2.24, 2.45) is 5.73 Å². The first-order chi connectivity index (χ1) is 13.5. The quantitative estimate of drug-likeness (QED) is 0.711. The molecule has 1 aromatic carbocycles. The van der Waals surface area contributed by atoms with Crippen molar-refractivity contribution in [3.63, 3.8) is 0 Å². The summed E-state index contributed by atoms with van der Waals surface area (Å²) >= 11 is 0. The van der Waals surface area contributed by atoms with Crippen LogP contribution in [0.1, 0.15) is 54.6 Å². The molecule has 5 heteroatoms. The fraction of sp³-hybridized carbons (Fsp3) is 0.304. The van der Waals surface area contributed by atoms with E-state index in [-0.39, 0.29) is 6.04 Å². The van der Waals surface area contributed by atoms with Crippen LogP contribution in [0.4, 0.5) is 5.69 Å². The number of benzene rings is 1. The highest BCUT2D eigenvalue weighted by atomic mass is 15.0. The van der Waals surface area contributed by atoms with Gasteiger partial charge in [0.1, 0.15) is 5.54 Å². The third-order valence-electron chi connectivity index (χ3n) is 5.59. The minimum Gasteiger partial charge on any atom is -0.366 e. The van der Waals surface area contributed by atoms with Crippen molar-refractivity contribution >= 4 is 17.5 Å². The first-order valence-corrected chi connectivity index (χ1v) is 9.69. The summed E-state index contributed by atoms with van der Waals surface area (Å²) in [6, 6.07) is 12.7. The number of nitrogens with two attached hydrogens (primary N) is 1. The van der Waals surface area contributed by atoms with Crippen LogP contribution in [0.2, 0.25) is 0 Å². The van der Waals surface area contributed by atoms with Crippen LogP contribution in [0.15, 0.2) is 48.8 Å². The van der Waals surface area contributed by atoms with Crippen LogP contribution >= 0.6 is 0 Å². The minimum atomic E-state index is -0.477. The zero-order chi connectivity index (χ0) is 19.7. The molecular weight excluding hydrogens is 346 g/mol. The lowest BCUT2D eigenvalue weighted by Gasteiger charge is -2.37. The number of nitriles is 1. The molecule has 1 fully saturated rings. The van der Waals surface area contributed by atoms with Crippen LogP contribution in [0.3, 0.4) is 0 Å². The Morgan fingerprint density at radius 2 is 2.14 bits per heavy atom. The average molecular weight is 371 g/mol. The van der Waals surface area contributed by atoms with Crippen molar-refractivity contribution in [3.8, 4) is 6.07 Å². The largest absolute Gasteiger partial charge is 0.366 e. The third kappa shape index (κ3) is 3.51. The Morgan fingerprint density at radius 1 is 1.32 bits per heavy atom. The SMILES string of the molecule is C=C(NC1(C#N)CCC1)c1cc(NC2=Cc3ccc(C(C)N)cc3C2)ccn1. The fourth-order valence-electron chi connectivity index (χ4n) is 3.73. The first-order valence-electron chi connectivity index (χ1n) is 9.69. The molecular formula is C23H25N5. The molecule has 1 saturated carbocycles.